The lowest BCUT2D eigenvalue weighted by Crippen LogP contribution is -2.15. The number of ether oxygens (including phenoxy) is 2. The number of rotatable bonds is 5. The van der Waals surface area contributed by atoms with E-state index in [-0.39, 0.29) is 64.0 Å². The standard InChI is InChI=1S/C15H11N3O3.C14H10N4O.C12H5N3O2/c1-20-6-7-21-15-11(8-16)17-13-12(18-15)9-4-2-3-5-10(9)14(13)19;1-18(2)14-10(7-15)16-12-11(17-14)8-5-3-4-6-9(8)13(12)19;13-5-8-12(17)15-9-6-3-1-2-4-7(6)11(16)10(9)14-8/h2-5H,6-7H2,1H3;3-6H,1-2H3;1-4H,(H,15,17). The van der Waals surface area contributed by atoms with Crippen molar-refractivity contribution in [2.75, 3.05) is 39.3 Å². The summed E-state index contributed by atoms with van der Waals surface area (Å²) in [6, 6.07) is 26.9. The number of benzene rings is 3. The number of nitrogens with zero attached hydrogens (tertiary/aromatic N) is 9. The van der Waals surface area contributed by atoms with E-state index in [1.807, 2.05) is 30.3 Å². The van der Waals surface area contributed by atoms with Gasteiger partial charge in [-0.15, -0.1) is 0 Å². The van der Waals surface area contributed by atoms with Crippen molar-refractivity contribution in [2.24, 2.45) is 0 Å². The lowest BCUT2D eigenvalue weighted by Gasteiger charge is -2.13. The minimum Gasteiger partial charge on any atom is -0.473 e. The minimum atomic E-state index is -0.573. The summed E-state index contributed by atoms with van der Waals surface area (Å²) in [7, 11) is 5.14. The van der Waals surface area contributed by atoms with Crippen LogP contribution >= 0.6 is 0 Å². The summed E-state index contributed by atoms with van der Waals surface area (Å²) in [5, 5.41) is 27.0. The molecule has 16 heteroatoms. The van der Waals surface area contributed by atoms with E-state index in [2.05, 4.69) is 29.9 Å². The van der Waals surface area contributed by atoms with Crippen molar-refractivity contribution in [1.82, 2.24) is 29.9 Å². The summed E-state index contributed by atoms with van der Waals surface area (Å²) >= 11 is 0. The van der Waals surface area contributed by atoms with Crippen LogP contribution < -0.4 is 15.2 Å². The van der Waals surface area contributed by atoms with Gasteiger partial charge in [0.1, 0.15) is 53.3 Å². The maximum absolute atomic E-state index is 12.3. The Labute approximate surface area is 323 Å². The fraction of sp³-hybridized carbons (Fsp3) is 0.122. The van der Waals surface area contributed by atoms with Gasteiger partial charge in [0.25, 0.3) is 11.4 Å². The Morgan fingerprint density at radius 2 is 1.02 bits per heavy atom. The van der Waals surface area contributed by atoms with Crippen LogP contribution in [0.15, 0.2) is 77.6 Å². The predicted molar refractivity (Wildman–Crippen MR) is 201 cm³/mol. The van der Waals surface area contributed by atoms with Gasteiger partial charge in [0.05, 0.1) is 12.3 Å². The molecule has 276 valence electrons. The Hall–Kier alpha value is -8.26. The van der Waals surface area contributed by atoms with Crippen LogP contribution in [0.25, 0.3) is 33.8 Å². The molecule has 0 fully saturated rings. The highest BCUT2D eigenvalue weighted by Crippen LogP contribution is 2.37. The van der Waals surface area contributed by atoms with E-state index < -0.39 is 5.56 Å². The van der Waals surface area contributed by atoms with Gasteiger partial charge in [-0.3, -0.25) is 19.2 Å². The van der Waals surface area contributed by atoms with E-state index in [0.29, 0.717) is 57.3 Å². The zero-order valence-electron chi connectivity index (χ0n) is 30.3. The molecule has 3 aromatic carbocycles. The lowest BCUT2D eigenvalue weighted by atomic mass is 10.1. The van der Waals surface area contributed by atoms with Crippen molar-refractivity contribution in [3.8, 4) is 57.9 Å². The molecule has 0 saturated heterocycles. The van der Waals surface area contributed by atoms with Gasteiger partial charge in [-0.05, 0) is 0 Å². The summed E-state index contributed by atoms with van der Waals surface area (Å²) in [5.41, 5.74) is 5.13. The highest BCUT2D eigenvalue weighted by molar-refractivity contribution is 6.21. The second-order valence-electron chi connectivity index (χ2n) is 12.5. The third kappa shape index (κ3) is 6.52. The summed E-state index contributed by atoms with van der Waals surface area (Å²) in [6.07, 6.45) is 0. The average molecular weight is 755 g/mol. The summed E-state index contributed by atoms with van der Waals surface area (Å²) in [6.45, 7) is 0.632. The van der Waals surface area contributed by atoms with Crippen LogP contribution in [0.3, 0.4) is 0 Å². The predicted octanol–water partition coefficient (Wildman–Crippen LogP) is 4.06. The van der Waals surface area contributed by atoms with Crippen LogP contribution in [0.4, 0.5) is 5.82 Å². The van der Waals surface area contributed by atoms with Crippen molar-refractivity contribution < 1.29 is 23.9 Å². The maximum atomic E-state index is 12.3. The number of aromatic amines is 1. The minimum absolute atomic E-state index is 0.00556. The molecule has 0 atom stereocenters. The van der Waals surface area contributed by atoms with Gasteiger partial charge in [-0.2, -0.15) is 15.8 Å². The van der Waals surface area contributed by atoms with Crippen LogP contribution in [0.5, 0.6) is 5.88 Å². The number of carbonyl (C=O) groups is 3. The zero-order chi connectivity index (χ0) is 40.4. The Morgan fingerprint density at radius 3 is 1.54 bits per heavy atom. The highest BCUT2D eigenvalue weighted by atomic mass is 16.5. The lowest BCUT2D eigenvalue weighted by molar-refractivity contribution is 0.103. The van der Waals surface area contributed by atoms with E-state index in [0.717, 1.165) is 5.56 Å². The summed E-state index contributed by atoms with van der Waals surface area (Å²) in [4.78, 5) is 73.0. The monoisotopic (exact) mass is 754 g/mol. The van der Waals surface area contributed by atoms with E-state index >= 15 is 0 Å². The molecule has 0 aliphatic heterocycles. The second kappa shape index (κ2) is 15.2. The van der Waals surface area contributed by atoms with Crippen LogP contribution in [0.2, 0.25) is 0 Å². The molecule has 0 amide bonds. The first-order valence-electron chi connectivity index (χ1n) is 17.0. The van der Waals surface area contributed by atoms with Gasteiger partial charge in [-0.25, -0.2) is 24.9 Å². The van der Waals surface area contributed by atoms with Crippen LogP contribution in [0.1, 0.15) is 65.2 Å². The summed E-state index contributed by atoms with van der Waals surface area (Å²) < 4.78 is 10.3. The number of anilines is 1. The molecule has 1 N–H and O–H groups in total. The van der Waals surface area contributed by atoms with Crippen molar-refractivity contribution in [3.63, 3.8) is 0 Å². The number of H-pyrrole nitrogens is 1. The number of hydrogen-bond acceptors (Lipinski definition) is 15. The Bertz CT molecular complexity index is 2880. The molecule has 9 rings (SSSR count). The van der Waals surface area contributed by atoms with E-state index in [4.69, 9.17) is 25.3 Å². The summed E-state index contributed by atoms with van der Waals surface area (Å²) in [5.74, 6) is -0.0418. The third-order valence-corrected chi connectivity index (χ3v) is 8.86. The van der Waals surface area contributed by atoms with Gasteiger partial charge in [0, 0.05) is 54.6 Å². The largest absolute Gasteiger partial charge is 0.473 e. The molecule has 0 spiro atoms. The van der Waals surface area contributed by atoms with Crippen LogP contribution in [0, 0.1) is 34.0 Å². The Balaban J connectivity index is 0.000000131. The smallest absolute Gasteiger partial charge is 0.285 e. The molecule has 0 radical (unpaired) electrons. The van der Waals surface area contributed by atoms with Gasteiger partial charge >= 0.3 is 0 Å². The third-order valence-electron chi connectivity index (χ3n) is 8.86. The van der Waals surface area contributed by atoms with Crippen LogP contribution in [-0.4, -0.2) is 81.7 Å². The van der Waals surface area contributed by atoms with E-state index in [1.165, 1.54) is 0 Å². The Kier molecular flexibility index (Phi) is 9.91. The molecule has 3 heterocycles. The number of aromatic nitrogens is 6. The number of ketones is 3. The van der Waals surface area contributed by atoms with Crippen molar-refractivity contribution in [3.05, 3.63) is 134 Å². The molecule has 3 aliphatic carbocycles. The fourth-order valence-electron chi connectivity index (χ4n) is 6.26. The second-order valence-corrected chi connectivity index (χ2v) is 12.5. The van der Waals surface area contributed by atoms with Gasteiger partial charge < -0.3 is 19.4 Å². The topological polar surface area (TPSA) is 242 Å². The van der Waals surface area contributed by atoms with Gasteiger partial charge in [0.2, 0.25) is 28.7 Å². The van der Waals surface area contributed by atoms with Gasteiger partial charge in [0.15, 0.2) is 11.5 Å². The molecule has 57 heavy (non-hydrogen) atoms. The fourth-order valence-corrected chi connectivity index (χ4v) is 6.26. The van der Waals surface area contributed by atoms with Crippen molar-refractivity contribution in [1.29, 1.82) is 15.8 Å². The van der Waals surface area contributed by atoms with Crippen molar-refractivity contribution in [2.45, 2.75) is 0 Å². The molecule has 0 unspecified atom stereocenters. The number of methoxy groups -OCH3 is 1. The molecular formula is C41H26N10O6. The molecule has 0 saturated carbocycles. The molecular weight excluding hydrogens is 729 g/mol. The number of hydrogen-bond donors (Lipinski definition) is 1. The van der Waals surface area contributed by atoms with E-state index in [9.17, 15) is 19.2 Å². The molecule has 16 nitrogen and oxygen atoms in total. The van der Waals surface area contributed by atoms with Crippen molar-refractivity contribution >= 4 is 23.2 Å². The zero-order valence-corrected chi connectivity index (χ0v) is 30.3. The highest BCUT2D eigenvalue weighted by Gasteiger charge is 2.33. The number of fused-ring (bicyclic) bond motifs is 9. The number of carbonyl (C=O) groups excluding carboxylic acids is 3. The van der Waals surface area contributed by atoms with E-state index in [1.54, 1.807) is 86.8 Å². The quantitative estimate of drug-likeness (QED) is 0.244. The first-order valence-corrected chi connectivity index (χ1v) is 17.0. The van der Waals surface area contributed by atoms with Crippen LogP contribution in [-0.2, 0) is 4.74 Å². The normalized spacial score (nSPS) is 11.8. The molecule has 3 aromatic heterocycles. The average Bonchev–Trinajstić information content (AvgIpc) is 3.79. The molecule has 0 bridgehead atoms. The first kappa shape index (κ1) is 37.1. The van der Waals surface area contributed by atoms with Gasteiger partial charge in [-0.1, -0.05) is 72.8 Å². The number of nitrogens with one attached hydrogen (secondary N) is 1. The molecule has 3 aliphatic rings. The number of nitriles is 3. The first-order chi connectivity index (χ1) is 27.6. The molecule has 6 aromatic rings. The SMILES string of the molecule is CN(C)c1nc2c(nc1C#N)C(=O)c1ccccc1-2.COCCOc1nc2c(nc1C#N)C(=O)c1ccccc1-2.N#Cc1nc2c([nH]c1=O)-c1ccccc1C2=O. The Morgan fingerprint density at radius 1 is 0.561 bits per heavy atom. The maximum Gasteiger partial charge on any atom is 0.285 e.